The molecule has 0 radical (unpaired) electrons. The Morgan fingerprint density at radius 2 is 0.630 bits per heavy atom. The molecule has 2 heteroatoms. The Bertz CT molecular complexity index is 255. The monoisotopic (exact) mass is 403 g/mol. The van der Waals surface area contributed by atoms with E-state index in [4.69, 9.17) is 0 Å². The number of hydrogen-bond donors (Lipinski definition) is 0. The van der Waals surface area contributed by atoms with E-state index >= 15 is 0 Å². The Labute approximate surface area is 180 Å². The first kappa shape index (κ1) is 29.5. The molecule has 166 valence electrons. The molecule has 0 aromatic rings. The molecular formula is C25H54ClN. The van der Waals surface area contributed by atoms with Crippen molar-refractivity contribution >= 4 is 0 Å². The smallest absolute Gasteiger partial charge is 0.0786 e. The predicted octanol–water partition coefficient (Wildman–Crippen LogP) is 5.52. The Balaban J connectivity index is 0. The average Bonchev–Trinajstić information content (AvgIpc) is 2.68. The Hall–Kier alpha value is 0.250. The fraction of sp³-hybridized carbons (Fsp3) is 1.00. The number of nitrogens with zero attached hydrogens (tertiary/aromatic N) is 1. The molecule has 0 atom stereocenters. The Kier molecular flexibility index (Phi) is 24.6. The standard InChI is InChI=1S/C25H54N.ClH/c1-5-9-10-11-12-13-14-15-16-17-18-19-20-21-22-23-24-25-26(6-2,7-3)8-4;/h5-25H2,1-4H3;1H/q+1;/p-1. The highest BCUT2D eigenvalue weighted by Gasteiger charge is 2.19. The third-order valence-corrected chi connectivity index (χ3v) is 6.75. The highest BCUT2D eigenvalue weighted by atomic mass is 35.5. The summed E-state index contributed by atoms with van der Waals surface area (Å²) in [6.07, 6.45) is 24.9. The first-order valence-corrected chi connectivity index (χ1v) is 12.6. The summed E-state index contributed by atoms with van der Waals surface area (Å²) in [6.45, 7) is 14.7. The summed E-state index contributed by atoms with van der Waals surface area (Å²) >= 11 is 0. The van der Waals surface area contributed by atoms with E-state index in [2.05, 4.69) is 27.7 Å². The van der Waals surface area contributed by atoms with E-state index in [0.29, 0.717) is 0 Å². The minimum absolute atomic E-state index is 0. The first-order valence-electron chi connectivity index (χ1n) is 12.6. The van der Waals surface area contributed by atoms with Crippen LogP contribution in [0.5, 0.6) is 0 Å². The predicted molar refractivity (Wildman–Crippen MR) is 121 cm³/mol. The maximum Gasteiger partial charge on any atom is 0.0786 e. The lowest BCUT2D eigenvalue weighted by Gasteiger charge is -2.35. The van der Waals surface area contributed by atoms with Gasteiger partial charge in [0.05, 0.1) is 26.2 Å². The zero-order valence-electron chi connectivity index (χ0n) is 19.7. The summed E-state index contributed by atoms with van der Waals surface area (Å²) < 4.78 is 1.33. The van der Waals surface area contributed by atoms with Gasteiger partial charge in [-0.3, -0.25) is 0 Å². The number of halogens is 1. The Morgan fingerprint density at radius 1 is 0.370 bits per heavy atom. The maximum atomic E-state index is 2.36. The van der Waals surface area contributed by atoms with Crippen LogP contribution in [0.1, 0.15) is 137 Å². The van der Waals surface area contributed by atoms with Crippen molar-refractivity contribution in [3.8, 4) is 0 Å². The maximum absolute atomic E-state index is 2.36. The van der Waals surface area contributed by atoms with Crippen molar-refractivity contribution in [2.75, 3.05) is 26.2 Å². The van der Waals surface area contributed by atoms with Gasteiger partial charge in [-0.05, 0) is 33.6 Å². The van der Waals surface area contributed by atoms with E-state index < -0.39 is 0 Å². The summed E-state index contributed by atoms with van der Waals surface area (Å²) in [5, 5.41) is 0. The second-order valence-electron chi connectivity index (χ2n) is 8.67. The molecule has 1 nitrogen and oxygen atoms in total. The lowest BCUT2D eigenvalue weighted by molar-refractivity contribution is -0.923. The molecule has 0 aromatic heterocycles. The van der Waals surface area contributed by atoms with E-state index in [9.17, 15) is 0 Å². The summed E-state index contributed by atoms with van der Waals surface area (Å²) in [6, 6.07) is 0. The van der Waals surface area contributed by atoms with Gasteiger partial charge in [0, 0.05) is 0 Å². The topological polar surface area (TPSA) is 0 Å². The molecule has 0 amide bonds. The van der Waals surface area contributed by atoms with Gasteiger partial charge in [-0.25, -0.2) is 0 Å². The highest BCUT2D eigenvalue weighted by molar-refractivity contribution is 4.50. The summed E-state index contributed by atoms with van der Waals surface area (Å²) in [5.41, 5.74) is 0. The van der Waals surface area contributed by atoms with E-state index in [1.54, 1.807) is 0 Å². The van der Waals surface area contributed by atoms with E-state index in [1.165, 1.54) is 140 Å². The largest absolute Gasteiger partial charge is 1.00 e. The average molecular weight is 404 g/mol. The van der Waals surface area contributed by atoms with Crippen LogP contribution in [0.4, 0.5) is 0 Å². The fourth-order valence-corrected chi connectivity index (χ4v) is 4.32. The van der Waals surface area contributed by atoms with Gasteiger partial charge in [0.25, 0.3) is 0 Å². The molecule has 0 spiro atoms. The van der Waals surface area contributed by atoms with Gasteiger partial charge in [0.15, 0.2) is 0 Å². The third-order valence-electron chi connectivity index (χ3n) is 6.75. The van der Waals surface area contributed by atoms with Crippen LogP contribution in [0.15, 0.2) is 0 Å². The number of hydrogen-bond acceptors (Lipinski definition) is 0. The molecule has 0 saturated carbocycles. The SMILES string of the molecule is CCCCCCCCCCCCCCCCCCC[N+](CC)(CC)CC.[Cl-]. The summed E-state index contributed by atoms with van der Waals surface area (Å²) in [5.74, 6) is 0. The van der Waals surface area contributed by atoms with E-state index in [-0.39, 0.29) is 12.4 Å². The fourth-order valence-electron chi connectivity index (χ4n) is 4.32. The minimum Gasteiger partial charge on any atom is -1.00 e. The van der Waals surface area contributed by atoms with Gasteiger partial charge in [-0.2, -0.15) is 0 Å². The summed E-state index contributed by atoms with van der Waals surface area (Å²) in [4.78, 5) is 0. The number of unbranched alkanes of at least 4 members (excludes halogenated alkanes) is 16. The molecule has 0 N–H and O–H groups in total. The molecule has 0 aromatic carbocycles. The molecule has 0 aliphatic heterocycles. The van der Waals surface area contributed by atoms with Crippen molar-refractivity contribution in [1.82, 2.24) is 0 Å². The van der Waals surface area contributed by atoms with Crippen molar-refractivity contribution in [3.63, 3.8) is 0 Å². The van der Waals surface area contributed by atoms with Crippen LogP contribution >= 0.6 is 0 Å². The van der Waals surface area contributed by atoms with Crippen LogP contribution in [0, 0.1) is 0 Å². The number of quaternary nitrogens is 1. The van der Waals surface area contributed by atoms with E-state index in [1.807, 2.05) is 0 Å². The molecule has 0 saturated heterocycles. The van der Waals surface area contributed by atoms with Crippen LogP contribution in [-0.4, -0.2) is 30.7 Å². The highest BCUT2D eigenvalue weighted by Crippen LogP contribution is 2.15. The molecule has 0 rings (SSSR count). The van der Waals surface area contributed by atoms with Crippen molar-refractivity contribution < 1.29 is 16.9 Å². The normalized spacial score (nSPS) is 11.6. The van der Waals surface area contributed by atoms with Crippen LogP contribution in [0.3, 0.4) is 0 Å². The molecule has 0 bridgehead atoms. The van der Waals surface area contributed by atoms with Gasteiger partial charge >= 0.3 is 0 Å². The minimum atomic E-state index is 0. The second kappa shape index (κ2) is 22.5. The zero-order valence-corrected chi connectivity index (χ0v) is 20.4. The van der Waals surface area contributed by atoms with Crippen LogP contribution < -0.4 is 12.4 Å². The molecule has 0 fully saturated rings. The molecular weight excluding hydrogens is 350 g/mol. The molecule has 0 aliphatic carbocycles. The van der Waals surface area contributed by atoms with Gasteiger partial charge in [-0.15, -0.1) is 0 Å². The van der Waals surface area contributed by atoms with Crippen molar-refractivity contribution in [3.05, 3.63) is 0 Å². The van der Waals surface area contributed by atoms with Gasteiger partial charge in [-0.1, -0.05) is 103 Å². The van der Waals surface area contributed by atoms with Crippen molar-refractivity contribution in [2.45, 2.75) is 137 Å². The van der Waals surface area contributed by atoms with Gasteiger partial charge in [0.2, 0.25) is 0 Å². The van der Waals surface area contributed by atoms with Crippen molar-refractivity contribution in [2.24, 2.45) is 0 Å². The van der Waals surface area contributed by atoms with Crippen molar-refractivity contribution in [1.29, 1.82) is 0 Å². The molecule has 0 unspecified atom stereocenters. The molecule has 27 heavy (non-hydrogen) atoms. The van der Waals surface area contributed by atoms with Crippen LogP contribution in [0.2, 0.25) is 0 Å². The lowest BCUT2D eigenvalue weighted by atomic mass is 10.0. The van der Waals surface area contributed by atoms with Gasteiger partial charge in [0.1, 0.15) is 0 Å². The third kappa shape index (κ3) is 18.0. The van der Waals surface area contributed by atoms with Crippen LogP contribution in [-0.2, 0) is 0 Å². The lowest BCUT2D eigenvalue weighted by Crippen LogP contribution is -3.00. The first-order chi connectivity index (χ1) is 12.7. The summed E-state index contributed by atoms with van der Waals surface area (Å²) in [7, 11) is 0. The van der Waals surface area contributed by atoms with E-state index in [0.717, 1.165) is 0 Å². The Morgan fingerprint density at radius 3 is 0.889 bits per heavy atom. The van der Waals surface area contributed by atoms with Crippen LogP contribution in [0.25, 0.3) is 0 Å². The molecule has 0 aliphatic rings. The molecule has 0 heterocycles. The zero-order chi connectivity index (χ0) is 19.3. The van der Waals surface area contributed by atoms with Gasteiger partial charge < -0.3 is 16.9 Å². The second-order valence-corrected chi connectivity index (χ2v) is 8.67. The number of rotatable bonds is 21. The quantitative estimate of drug-likeness (QED) is 0.175.